The molecule has 0 saturated carbocycles. The minimum atomic E-state index is -0.0696. The molecule has 0 aliphatic rings. The molecule has 2 amide bonds. The first kappa shape index (κ1) is 16.8. The minimum absolute atomic E-state index is 0.0327. The van der Waals surface area contributed by atoms with Gasteiger partial charge >= 0.3 is 6.03 Å². The maximum atomic E-state index is 12.4. The Hall–Kier alpha value is -1.52. The van der Waals surface area contributed by atoms with Gasteiger partial charge in [-0.25, -0.2) is 4.79 Å². The molecule has 0 aliphatic heterocycles. The topological polar surface area (TPSA) is 32.3 Å². The van der Waals surface area contributed by atoms with E-state index in [0.717, 1.165) is 11.1 Å². The Morgan fingerprint density at radius 3 is 2.50 bits per heavy atom. The molecule has 2 aromatic rings. The molecule has 0 bridgehead atoms. The number of hydrogen-bond acceptors (Lipinski definition) is 2. The van der Waals surface area contributed by atoms with Gasteiger partial charge in [-0.3, -0.25) is 0 Å². The smallest absolute Gasteiger partial charge is 0.317 e. The Bertz CT molecular complexity index is 596. The van der Waals surface area contributed by atoms with Crippen molar-refractivity contribution in [3.05, 3.63) is 57.2 Å². The highest BCUT2D eigenvalue weighted by Gasteiger charge is 2.20. The van der Waals surface area contributed by atoms with E-state index in [1.165, 1.54) is 0 Å². The van der Waals surface area contributed by atoms with E-state index in [4.69, 9.17) is 11.6 Å². The average Bonchev–Trinajstić information content (AvgIpc) is 2.98. The predicted molar refractivity (Wildman–Crippen MR) is 93.3 cm³/mol. The molecule has 0 spiro atoms. The van der Waals surface area contributed by atoms with Gasteiger partial charge in [-0.15, -0.1) is 0 Å². The fraction of sp³-hybridized carbons (Fsp3) is 0.353. The largest absolute Gasteiger partial charge is 0.331 e. The molecule has 1 heterocycles. The van der Waals surface area contributed by atoms with Crippen LogP contribution < -0.4 is 5.32 Å². The van der Waals surface area contributed by atoms with Crippen molar-refractivity contribution in [2.24, 2.45) is 5.92 Å². The van der Waals surface area contributed by atoms with E-state index in [1.54, 1.807) is 16.2 Å². The molecule has 2 rings (SSSR count). The first-order valence-electron chi connectivity index (χ1n) is 7.25. The zero-order valence-corrected chi connectivity index (χ0v) is 14.6. The highest BCUT2D eigenvalue weighted by atomic mass is 35.5. The van der Waals surface area contributed by atoms with Gasteiger partial charge in [-0.2, -0.15) is 11.3 Å². The normalized spacial score (nSPS) is 12.2. The third kappa shape index (κ3) is 4.49. The summed E-state index contributed by atoms with van der Waals surface area (Å²) in [7, 11) is 1.81. The zero-order valence-electron chi connectivity index (χ0n) is 13.0. The van der Waals surface area contributed by atoms with Crippen LogP contribution in [0, 0.1) is 5.92 Å². The molecule has 1 N–H and O–H groups in total. The molecule has 3 nitrogen and oxygen atoms in total. The Kier molecular flexibility index (Phi) is 5.86. The van der Waals surface area contributed by atoms with Crippen molar-refractivity contribution in [1.82, 2.24) is 10.2 Å². The lowest BCUT2D eigenvalue weighted by Gasteiger charge is -2.26. The van der Waals surface area contributed by atoms with Crippen molar-refractivity contribution in [2.45, 2.75) is 26.4 Å². The molecule has 0 fully saturated rings. The van der Waals surface area contributed by atoms with Crippen LogP contribution in [0.4, 0.5) is 4.79 Å². The standard InChI is InChI=1S/C17H21ClN2OS/c1-12(2)16(14-4-6-15(18)7-5-14)19-17(21)20(3)10-13-8-9-22-11-13/h4-9,11-12,16H,10H2,1-3H3,(H,19,21)/t16-/m0/s1. The number of nitrogens with one attached hydrogen (secondary N) is 1. The lowest BCUT2D eigenvalue weighted by atomic mass is 9.96. The van der Waals surface area contributed by atoms with E-state index < -0.39 is 0 Å². The van der Waals surface area contributed by atoms with Gasteiger partial charge in [0.2, 0.25) is 0 Å². The van der Waals surface area contributed by atoms with Crippen LogP contribution in [-0.2, 0) is 6.54 Å². The van der Waals surface area contributed by atoms with Crippen LogP contribution in [0.5, 0.6) is 0 Å². The van der Waals surface area contributed by atoms with Crippen LogP contribution in [0.2, 0.25) is 5.02 Å². The second kappa shape index (κ2) is 7.65. The number of benzene rings is 1. The molecule has 22 heavy (non-hydrogen) atoms. The number of hydrogen-bond donors (Lipinski definition) is 1. The third-order valence-corrected chi connectivity index (χ3v) is 4.51. The lowest BCUT2D eigenvalue weighted by Crippen LogP contribution is -2.40. The van der Waals surface area contributed by atoms with Gasteiger partial charge in [-0.05, 0) is 46.0 Å². The first-order valence-corrected chi connectivity index (χ1v) is 8.57. The van der Waals surface area contributed by atoms with E-state index in [-0.39, 0.29) is 12.1 Å². The van der Waals surface area contributed by atoms with Gasteiger partial charge in [-0.1, -0.05) is 37.6 Å². The molecule has 0 aliphatic carbocycles. The summed E-state index contributed by atoms with van der Waals surface area (Å²) in [5.74, 6) is 0.291. The van der Waals surface area contributed by atoms with Crippen LogP contribution >= 0.6 is 22.9 Å². The van der Waals surface area contributed by atoms with Gasteiger partial charge in [0.25, 0.3) is 0 Å². The summed E-state index contributed by atoms with van der Waals surface area (Å²) in [6.07, 6.45) is 0. The summed E-state index contributed by atoms with van der Waals surface area (Å²) in [6, 6.07) is 9.57. The van der Waals surface area contributed by atoms with Crippen LogP contribution in [0.25, 0.3) is 0 Å². The quantitative estimate of drug-likeness (QED) is 0.824. The van der Waals surface area contributed by atoms with Gasteiger partial charge < -0.3 is 10.2 Å². The summed E-state index contributed by atoms with van der Waals surface area (Å²) >= 11 is 7.58. The van der Waals surface area contributed by atoms with Crippen molar-refractivity contribution in [3.63, 3.8) is 0 Å². The number of rotatable bonds is 5. The number of amides is 2. The maximum absolute atomic E-state index is 12.4. The summed E-state index contributed by atoms with van der Waals surface area (Å²) in [6.45, 7) is 4.80. The lowest BCUT2D eigenvalue weighted by molar-refractivity contribution is 0.199. The summed E-state index contributed by atoms with van der Waals surface area (Å²) in [5, 5.41) is 7.89. The number of nitrogens with zero attached hydrogens (tertiary/aromatic N) is 1. The Balaban J connectivity index is 2.04. The molecule has 1 aromatic heterocycles. The number of carbonyl (C=O) groups is 1. The van der Waals surface area contributed by atoms with Crippen molar-refractivity contribution >= 4 is 29.0 Å². The average molecular weight is 337 g/mol. The molecule has 5 heteroatoms. The number of thiophene rings is 1. The van der Waals surface area contributed by atoms with Gasteiger partial charge in [0.1, 0.15) is 0 Å². The van der Waals surface area contributed by atoms with Crippen molar-refractivity contribution in [2.75, 3.05) is 7.05 Å². The van der Waals surface area contributed by atoms with E-state index in [2.05, 4.69) is 24.5 Å². The van der Waals surface area contributed by atoms with Gasteiger partial charge in [0.15, 0.2) is 0 Å². The minimum Gasteiger partial charge on any atom is -0.331 e. The van der Waals surface area contributed by atoms with Crippen LogP contribution in [-0.4, -0.2) is 18.0 Å². The fourth-order valence-corrected chi connectivity index (χ4v) is 3.06. The maximum Gasteiger partial charge on any atom is 0.317 e. The SMILES string of the molecule is CC(C)[C@H](NC(=O)N(C)Cc1ccsc1)c1ccc(Cl)cc1. The van der Waals surface area contributed by atoms with Crippen molar-refractivity contribution < 1.29 is 4.79 Å². The fourth-order valence-electron chi connectivity index (χ4n) is 2.28. The van der Waals surface area contributed by atoms with E-state index in [9.17, 15) is 4.79 Å². The molecule has 0 unspecified atom stereocenters. The van der Waals surface area contributed by atoms with E-state index in [1.807, 2.05) is 42.8 Å². The number of urea groups is 1. The Labute approximate surface area is 140 Å². The third-order valence-electron chi connectivity index (χ3n) is 3.52. The highest BCUT2D eigenvalue weighted by molar-refractivity contribution is 7.07. The molecule has 0 saturated heterocycles. The first-order chi connectivity index (χ1) is 10.5. The molecular weight excluding hydrogens is 316 g/mol. The second-order valence-corrected chi connectivity index (χ2v) is 6.93. The van der Waals surface area contributed by atoms with Gasteiger partial charge in [0.05, 0.1) is 6.04 Å². The summed E-state index contributed by atoms with van der Waals surface area (Å²) in [5.41, 5.74) is 2.21. The zero-order chi connectivity index (χ0) is 16.1. The molecule has 118 valence electrons. The van der Waals surface area contributed by atoms with Crippen molar-refractivity contribution in [3.8, 4) is 0 Å². The molecular formula is C17H21ClN2OS. The van der Waals surface area contributed by atoms with Crippen molar-refractivity contribution in [1.29, 1.82) is 0 Å². The Morgan fingerprint density at radius 2 is 1.95 bits per heavy atom. The van der Waals surface area contributed by atoms with Gasteiger partial charge in [0, 0.05) is 18.6 Å². The predicted octanol–water partition coefficient (Wildman–Crippen LogP) is 4.94. The molecule has 0 radical (unpaired) electrons. The number of halogens is 1. The summed E-state index contributed by atoms with van der Waals surface area (Å²) < 4.78 is 0. The second-order valence-electron chi connectivity index (χ2n) is 5.71. The summed E-state index contributed by atoms with van der Waals surface area (Å²) in [4.78, 5) is 14.1. The monoisotopic (exact) mass is 336 g/mol. The Morgan fingerprint density at radius 1 is 1.27 bits per heavy atom. The van der Waals surface area contributed by atoms with E-state index in [0.29, 0.717) is 17.5 Å². The highest BCUT2D eigenvalue weighted by Crippen LogP contribution is 2.23. The van der Waals surface area contributed by atoms with Crippen LogP contribution in [0.3, 0.4) is 0 Å². The van der Waals surface area contributed by atoms with E-state index >= 15 is 0 Å². The molecule has 1 atom stereocenters. The number of carbonyl (C=O) groups excluding carboxylic acids is 1. The molecule has 1 aromatic carbocycles. The van der Waals surface area contributed by atoms with Crippen LogP contribution in [0.1, 0.15) is 31.0 Å². The van der Waals surface area contributed by atoms with Crippen LogP contribution in [0.15, 0.2) is 41.1 Å².